The van der Waals surface area contributed by atoms with Gasteiger partial charge in [-0.15, -0.1) is 0 Å². The molecule has 1 atom stereocenters. The van der Waals surface area contributed by atoms with Crippen molar-refractivity contribution in [3.63, 3.8) is 0 Å². The van der Waals surface area contributed by atoms with Gasteiger partial charge >= 0.3 is 0 Å². The molecule has 1 N–H and O–H groups in total. The standard InChI is InChI=1S/C17H28N2/c1-4-10-18-17(14(2)3)13-19-11-9-15-7-5-6-8-16(15)12-19/h5-8,14,17-18H,4,9-13H2,1-3H3. The van der Waals surface area contributed by atoms with Crippen LogP contribution in [0.25, 0.3) is 0 Å². The summed E-state index contributed by atoms with van der Waals surface area (Å²) in [7, 11) is 0. The second kappa shape index (κ2) is 7.06. The van der Waals surface area contributed by atoms with Crippen molar-refractivity contribution in [3.05, 3.63) is 35.4 Å². The predicted molar refractivity (Wildman–Crippen MR) is 82.3 cm³/mol. The molecule has 1 heterocycles. The van der Waals surface area contributed by atoms with Gasteiger partial charge in [0.05, 0.1) is 0 Å². The van der Waals surface area contributed by atoms with Gasteiger partial charge in [0.15, 0.2) is 0 Å². The molecule has 1 aliphatic heterocycles. The number of benzene rings is 1. The second-order valence-electron chi connectivity index (χ2n) is 6.06. The summed E-state index contributed by atoms with van der Waals surface area (Å²) in [5, 5.41) is 3.70. The molecule has 1 aliphatic rings. The molecule has 1 aromatic rings. The lowest BCUT2D eigenvalue weighted by Gasteiger charge is -2.33. The zero-order chi connectivity index (χ0) is 13.7. The number of nitrogens with one attached hydrogen (secondary N) is 1. The third-order valence-electron chi connectivity index (χ3n) is 4.13. The maximum Gasteiger partial charge on any atom is 0.0237 e. The average Bonchev–Trinajstić information content (AvgIpc) is 2.43. The average molecular weight is 260 g/mol. The van der Waals surface area contributed by atoms with Crippen molar-refractivity contribution >= 4 is 0 Å². The van der Waals surface area contributed by atoms with E-state index >= 15 is 0 Å². The Kier molecular flexibility index (Phi) is 5.41. The fraction of sp³-hybridized carbons (Fsp3) is 0.647. The molecule has 0 saturated heterocycles. The fourth-order valence-electron chi connectivity index (χ4n) is 2.83. The van der Waals surface area contributed by atoms with Gasteiger partial charge in [-0.3, -0.25) is 4.90 Å². The van der Waals surface area contributed by atoms with Gasteiger partial charge in [0.1, 0.15) is 0 Å². The van der Waals surface area contributed by atoms with Crippen LogP contribution in [0, 0.1) is 5.92 Å². The van der Waals surface area contributed by atoms with Crippen LogP contribution < -0.4 is 5.32 Å². The van der Waals surface area contributed by atoms with Crippen molar-refractivity contribution in [1.29, 1.82) is 0 Å². The van der Waals surface area contributed by atoms with Crippen LogP contribution in [0.5, 0.6) is 0 Å². The Morgan fingerprint density at radius 3 is 2.63 bits per heavy atom. The van der Waals surface area contributed by atoms with Gasteiger partial charge in [-0.2, -0.15) is 0 Å². The number of rotatable bonds is 6. The van der Waals surface area contributed by atoms with E-state index in [0.29, 0.717) is 12.0 Å². The summed E-state index contributed by atoms with van der Waals surface area (Å²) in [6.45, 7) is 11.5. The lowest BCUT2D eigenvalue weighted by atomic mass is 9.97. The Bertz CT molecular complexity index is 387. The van der Waals surface area contributed by atoms with Crippen LogP contribution in [0.15, 0.2) is 24.3 Å². The lowest BCUT2D eigenvalue weighted by molar-refractivity contribution is 0.203. The van der Waals surface area contributed by atoms with E-state index < -0.39 is 0 Å². The van der Waals surface area contributed by atoms with Crippen LogP contribution in [-0.2, 0) is 13.0 Å². The summed E-state index contributed by atoms with van der Waals surface area (Å²) in [5.74, 6) is 0.698. The molecule has 0 amide bonds. The van der Waals surface area contributed by atoms with Gasteiger partial charge in [0, 0.05) is 25.7 Å². The number of hydrogen-bond acceptors (Lipinski definition) is 2. The molecule has 0 spiro atoms. The van der Waals surface area contributed by atoms with E-state index in [1.54, 1.807) is 5.56 Å². The summed E-state index contributed by atoms with van der Waals surface area (Å²) >= 11 is 0. The monoisotopic (exact) mass is 260 g/mol. The zero-order valence-corrected chi connectivity index (χ0v) is 12.7. The van der Waals surface area contributed by atoms with Crippen molar-refractivity contribution in [2.45, 2.75) is 46.2 Å². The molecule has 1 unspecified atom stereocenters. The minimum absolute atomic E-state index is 0.616. The molecule has 2 nitrogen and oxygen atoms in total. The van der Waals surface area contributed by atoms with Gasteiger partial charge in [-0.1, -0.05) is 45.0 Å². The van der Waals surface area contributed by atoms with E-state index in [4.69, 9.17) is 0 Å². The molecule has 1 aromatic carbocycles. The molecule has 19 heavy (non-hydrogen) atoms. The van der Waals surface area contributed by atoms with E-state index in [-0.39, 0.29) is 0 Å². The highest BCUT2D eigenvalue weighted by Gasteiger charge is 2.20. The maximum atomic E-state index is 3.70. The van der Waals surface area contributed by atoms with Crippen LogP contribution in [0.4, 0.5) is 0 Å². The Morgan fingerprint density at radius 1 is 1.21 bits per heavy atom. The summed E-state index contributed by atoms with van der Waals surface area (Å²) in [5.41, 5.74) is 3.06. The second-order valence-corrected chi connectivity index (χ2v) is 6.06. The fourth-order valence-corrected chi connectivity index (χ4v) is 2.83. The normalized spacial score (nSPS) is 17.5. The highest BCUT2D eigenvalue weighted by molar-refractivity contribution is 5.29. The predicted octanol–water partition coefficient (Wildman–Crippen LogP) is 3.07. The van der Waals surface area contributed by atoms with Crippen molar-refractivity contribution in [2.24, 2.45) is 5.92 Å². The van der Waals surface area contributed by atoms with Crippen LogP contribution in [-0.4, -0.2) is 30.6 Å². The van der Waals surface area contributed by atoms with E-state index in [2.05, 4.69) is 55.3 Å². The summed E-state index contributed by atoms with van der Waals surface area (Å²) < 4.78 is 0. The Balaban J connectivity index is 1.92. The summed E-state index contributed by atoms with van der Waals surface area (Å²) in [6.07, 6.45) is 2.42. The SMILES string of the molecule is CCCNC(CN1CCc2ccccc2C1)C(C)C. The van der Waals surface area contributed by atoms with E-state index in [1.165, 1.54) is 31.5 Å². The minimum Gasteiger partial charge on any atom is -0.312 e. The van der Waals surface area contributed by atoms with E-state index in [1.807, 2.05) is 0 Å². The minimum atomic E-state index is 0.616. The molecule has 106 valence electrons. The number of fused-ring (bicyclic) bond motifs is 1. The quantitative estimate of drug-likeness (QED) is 0.845. The summed E-state index contributed by atoms with van der Waals surface area (Å²) in [4.78, 5) is 2.61. The molecule has 0 radical (unpaired) electrons. The molecule has 2 rings (SSSR count). The molecular formula is C17H28N2. The third kappa shape index (κ3) is 4.05. The van der Waals surface area contributed by atoms with Crippen molar-refractivity contribution in [2.75, 3.05) is 19.6 Å². The smallest absolute Gasteiger partial charge is 0.0237 e. The summed E-state index contributed by atoms with van der Waals surface area (Å²) in [6, 6.07) is 9.50. The van der Waals surface area contributed by atoms with Crippen LogP contribution in [0.3, 0.4) is 0 Å². The number of hydrogen-bond donors (Lipinski definition) is 1. The first-order valence-electron chi connectivity index (χ1n) is 7.73. The van der Waals surface area contributed by atoms with Gasteiger partial charge < -0.3 is 5.32 Å². The first-order chi connectivity index (χ1) is 9.20. The maximum absolute atomic E-state index is 3.70. The molecule has 0 bridgehead atoms. The van der Waals surface area contributed by atoms with Gasteiger partial charge in [0.2, 0.25) is 0 Å². The topological polar surface area (TPSA) is 15.3 Å². The van der Waals surface area contributed by atoms with Crippen molar-refractivity contribution in [1.82, 2.24) is 10.2 Å². The number of nitrogens with zero attached hydrogens (tertiary/aromatic N) is 1. The molecule has 0 aliphatic carbocycles. The molecule has 0 aromatic heterocycles. The molecule has 0 saturated carbocycles. The van der Waals surface area contributed by atoms with Crippen LogP contribution in [0.2, 0.25) is 0 Å². The first kappa shape index (κ1) is 14.5. The Labute approximate surface area is 118 Å². The van der Waals surface area contributed by atoms with Gasteiger partial charge in [-0.25, -0.2) is 0 Å². The lowest BCUT2D eigenvalue weighted by Crippen LogP contribution is -2.45. The largest absolute Gasteiger partial charge is 0.312 e. The van der Waals surface area contributed by atoms with E-state index in [9.17, 15) is 0 Å². The molecule has 2 heteroatoms. The van der Waals surface area contributed by atoms with Gasteiger partial charge in [-0.05, 0) is 36.4 Å². The highest BCUT2D eigenvalue weighted by atomic mass is 15.2. The molecule has 0 fully saturated rings. The zero-order valence-electron chi connectivity index (χ0n) is 12.7. The third-order valence-corrected chi connectivity index (χ3v) is 4.13. The van der Waals surface area contributed by atoms with Crippen molar-refractivity contribution < 1.29 is 0 Å². The molecular weight excluding hydrogens is 232 g/mol. The van der Waals surface area contributed by atoms with E-state index in [0.717, 1.165) is 13.1 Å². The van der Waals surface area contributed by atoms with Gasteiger partial charge in [0.25, 0.3) is 0 Å². The first-order valence-corrected chi connectivity index (χ1v) is 7.73. The van der Waals surface area contributed by atoms with Crippen LogP contribution >= 0.6 is 0 Å². The Morgan fingerprint density at radius 2 is 1.95 bits per heavy atom. The van der Waals surface area contributed by atoms with Crippen LogP contribution in [0.1, 0.15) is 38.3 Å². The van der Waals surface area contributed by atoms with Crippen molar-refractivity contribution in [3.8, 4) is 0 Å². The Hall–Kier alpha value is -0.860. The highest BCUT2D eigenvalue weighted by Crippen LogP contribution is 2.19.